The second kappa shape index (κ2) is 6.50. The van der Waals surface area contributed by atoms with E-state index in [-0.39, 0.29) is 18.3 Å². The van der Waals surface area contributed by atoms with Gasteiger partial charge in [0.25, 0.3) is 0 Å². The Morgan fingerprint density at radius 3 is 2.78 bits per heavy atom. The van der Waals surface area contributed by atoms with Crippen molar-refractivity contribution in [2.75, 3.05) is 19.7 Å². The lowest BCUT2D eigenvalue weighted by molar-refractivity contribution is 0.231. The van der Waals surface area contributed by atoms with Crippen molar-refractivity contribution in [3.05, 3.63) is 34.6 Å². The maximum atomic E-state index is 13.9. The highest BCUT2D eigenvalue weighted by Gasteiger charge is 2.26. The van der Waals surface area contributed by atoms with Crippen LogP contribution in [0.1, 0.15) is 30.7 Å². The average Bonchev–Trinajstić information content (AvgIpc) is 2.40. The van der Waals surface area contributed by atoms with E-state index >= 15 is 0 Å². The first-order valence-electron chi connectivity index (χ1n) is 6.49. The maximum absolute atomic E-state index is 13.9. The summed E-state index contributed by atoms with van der Waals surface area (Å²) in [6.45, 7) is 2.02. The van der Waals surface area contributed by atoms with Gasteiger partial charge in [0.05, 0.1) is 0 Å². The van der Waals surface area contributed by atoms with Crippen LogP contribution < -0.4 is 5.32 Å². The van der Waals surface area contributed by atoms with Crippen molar-refractivity contribution in [3.8, 4) is 0 Å². The number of rotatable bonds is 4. The normalized spacial score (nSPS) is 18.8. The average molecular weight is 272 g/mol. The van der Waals surface area contributed by atoms with E-state index in [1.807, 2.05) is 0 Å². The summed E-state index contributed by atoms with van der Waals surface area (Å²) < 4.78 is 13.9. The number of nitrogens with one attached hydrogen (secondary N) is 1. The summed E-state index contributed by atoms with van der Waals surface area (Å²) >= 11 is 5.96. The largest absolute Gasteiger partial charge is 0.396 e. The predicted molar refractivity (Wildman–Crippen MR) is 71.4 cm³/mol. The van der Waals surface area contributed by atoms with Crippen molar-refractivity contribution in [1.29, 1.82) is 0 Å². The molecule has 0 saturated carbocycles. The van der Waals surface area contributed by atoms with Gasteiger partial charge in [0.15, 0.2) is 0 Å². The Balaban J connectivity index is 2.24. The molecular formula is C14H19ClFNO. The number of halogens is 2. The zero-order valence-corrected chi connectivity index (χ0v) is 11.1. The van der Waals surface area contributed by atoms with Gasteiger partial charge in [-0.25, -0.2) is 4.39 Å². The topological polar surface area (TPSA) is 32.3 Å². The van der Waals surface area contributed by atoms with Crippen molar-refractivity contribution >= 4 is 11.6 Å². The van der Waals surface area contributed by atoms with Gasteiger partial charge in [-0.05, 0) is 68.0 Å². The van der Waals surface area contributed by atoms with E-state index in [1.54, 1.807) is 12.1 Å². The van der Waals surface area contributed by atoms with Gasteiger partial charge in [-0.1, -0.05) is 11.6 Å². The summed E-state index contributed by atoms with van der Waals surface area (Å²) in [4.78, 5) is 0. The van der Waals surface area contributed by atoms with Gasteiger partial charge in [-0.15, -0.1) is 0 Å². The molecule has 1 atom stereocenters. The summed E-state index contributed by atoms with van der Waals surface area (Å²) in [6.07, 6.45) is 2.65. The standard InChI is InChI=1S/C14H19ClFNO/c15-11-1-2-14(16)13(9-11)12(5-8-18)10-3-6-17-7-4-10/h1-2,9-10,12,17-18H,3-8H2. The van der Waals surface area contributed by atoms with E-state index in [9.17, 15) is 9.50 Å². The lowest BCUT2D eigenvalue weighted by Gasteiger charge is -2.31. The van der Waals surface area contributed by atoms with E-state index < -0.39 is 0 Å². The number of piperidine rings is 1. The lowest BCUT2D eigenvalue weighted by atomic mass is 9.78. The molecule has 1 aromatic rings. The zero-order valence-electron chi connectivity index (χ0n) is 10.3. The summed E-state index contributed by atoms with van der Waals surface area (Å²) in [5, 5.41) is 13.1. The highest BCUT2D eigenvalue weighted by Crippen LogP contribution is 2.36. The fraction of sp³-hybridized carbons (Fsp3) is 0.571. The van der Waals surface area contributed by atoms with Gasteiger partial charge in [-0.3, -0.25) is 0 Å². The number of benzene rings is 1. The SMILES string of the molecule is OCCC(c1cc(Cl)ccc1F)C1CCNCC1. The smallest absolute Gasteiger partial charge is 0.126 e. The Kier molecular flexibility index (Phi) is 4.98. The van der Waals surface area contributed by atoms with Crippen LogP contribution >= 0.6 is 11.6 Å². The number of aliphatic hydroxyl groups is 1. The van der Waals surface area contributed by atoms with Crippen LogP contribution in [0.5, 0.6) is 0 Å². The number of hydrogen-bond acceptors (Lipinski definition) is 2. The van der Waals surface area contributed by atoms with E-state index in [1.165, 1.54) is 6.07 Å². The molecule has 1 aliphatic heterocycles. The molecular weight excluding hydrogens is 253 g/mol. The third-order valence-corrected chi connectivity index (χ3v) is 3.99. The molecule has 1 heterocycles. The van der Waals surface area contributed by atoms with E-state index in [4.69, 9.17) is 11.6 Å². The highest BCUT2D eigenvalue weighted by molar-refractivity contribution is 6.30. The van der Waals surface area contributed by atoms with E-state index in [2.05, 4.69) is 5.32 Å². The van der Waals surface area contributed by atoms with Crippen molar-refractivity contribution in [1.82, 2.24) is 5.32 Å². The monoisotopic (exact) mass is 271 g/mol. The van der Waals surface area contributed by atoms with Crippen LogP contribution in [0.15, 0.2) is 18.2 Å². The third-order valence-electron chi connectivity index (χ3n) is 3.75. The Bertz CT molecular complexity index is 393. The minimum atomic E-state index is -0.212. The van der Waals surface area contributed by atoms with Crippen LogP contribution in [0.4, 0.5) is 4.39 Å². The van der Waals surface area contributed by atoms with Crippen LogP contribution in [0.25, 0.3) is 0 Å². The minimum absolute atomic E-state index is 0.0656. The van der Waals surface area contributed by atoms with E-state index in [0.29, 0.717) is 22.9 Å². The van der Waals surface area contributed by atoms with Gasteiger partial charge in [-0.2, -0.15) is 0 Å². The Morgan fingerprint density at radius 1 is 1.39 bits per heavy atom. The van der Waals surface area contributed by atoms with Crippen molar-refractivity contribution < 1.29 is 9.50 Å². The van der Waals surface area contributed by atoms with Gasteiger partial charge in [0.1, 0.15) is 5.82 Å². The molecule has 2 nitrogen and oxygen atoms in total. The molecule has 0 spiro atoms. The predicted octanol–water partition coefficient (Wildman–Crippen LogP) is 2.94. The Hall–Kier alpha value is -0.640. The molecule has 2 rings (SSSR count). The van der Waals surface area contributed by atoms with Crippen LogP contribution in [0, 0.1) is 11.7 Å². The zero-order chi connectivity index (χ0) is 13.0. The van der Waals surface area contributed by atoms with E-state index in [0.717, 1.165) is 25.9 Å². The molecule has 2 N–H and O–H groups in total. The molecule has 1 aliphatic rings. The molecule has 0 aromatic heterocycles. The Labute approximate surface area is 112 Å². The number of hydrogen-bond donors (Lipinski definition) is 2. The molecule has 100 valence electrons. The second-order valence-electron chi connectivity index (χ2n) is 4.87. The van der Waals surface area contributed by atoms with Gasteiger partial charge >= 0.3 is 0 Å². The van der Waals surface area contributed by atoms with Gasteiger partial charge in [0, 0.05) is 11.6 Å². The first-order valence-corrected chi connectivity index (χ1v) is 6.86. The molecule has 1 aromatic carbocycles. The van der Waals surface area contributed by atoms with Crippen molar-refractivity contribution in [3.63, 3.8) is 0 Å². The second-order valence-corrected chi connectivity index (χ2v) is 5.31. The molecule has 4 heteroatoms. The van der Waals surface area contributed by atoms with Crippen LogP contribution in [-0.4, -0.2) is 24.8 Å². The summed E-state index contributed by atoms with van der Waals surface area (Å²) in [7, 11) is 0. The first kappa shape index (κ1) is 13.8. The first-order chi connectivity index (χ1) is 8.72. The molecule has 18 heavy (non-hydrogen) atoms. The molecule has 0 radical (unpaired) electrons. The summed E-state index contributed by atoms with van der Waals surface area (Å²) in [6, 6.07) is 4.70. The van der Waals surface area contributed by atoms with Gasteiger partial charge < -0.3 is 10.4 Å². The Morgan fingerprint density at radius 2 is 2.11 bits per heavy atom. The minimum Gasteiger partial charge on any atom is -0.396 e. The maximum Gasteiger partial charge on any atom is 0.126 e. The van der Waals surface area contributed by atoms with Crippen molar-refractivity contribution in [2.45, 2.75) is 25.2 Å². The number of aliphatic hydroxyl groups excluding tert-OH is 1. The molecule has 1 unspecified atom stereocenters. The lowest BCUT2D eigenvalue weighted by Crippen LogP contribution is -2.31. The molecule has 0 amide bonds. The van der Waals surface area contributed by atoms with Crippen LogP contribution in [-0.2, 0) is 0 Å². The van der Waals surface area contributed by atoms with Gasteiger partial charge in [0.2, 0.25) is 0 Å². The molecule has 1 fully saturated rings. The fourth-order valence-corrected chi connectivity index (χ4v) is 3.01. The molecule has 0 bridgehead atoms. The van der Waals surface area contributed by atoms with Crippen LogP contribution in [0.3, 0.4) is 0 Å². The summed E-state index contributed by atoms with van der Waals surface area (Å²) in [5.41, 5.74) is 0.656. The van der Waals surface area contributed by atoms with Crippen LogP contribution in [0.2, 0.25) is 5.02 Å². The quantitative estimate of drug-likeness (QED) is 0.883. The molecule has 1 saturated heterocycles. The fourth-order valence-electron chi connectivity index (χ4n) is 2.83. The van der Waals surface area contributed by atoms with Crippen molar-refractivity contribution in [2.24, 2.45) is 5.92 Å². The third kappa shape index (κ3) is 3.22. The highest BCUT2D eigenvalue weighted by atomic mass is 35.5. The molecule has 0 aliphatic carbocycles. The summed E-state index contributed by atoms with van der Waals surface area (Å²) in [5.74, 6) is 0.276.